The van der Waals surface area contributed by atoms with Gasteiger partial charge in [0, 0.05) is 5.92 Å². The van der Waals surface area contributed by atoms with Crippen LogP contribution in [0, 0.1) is 11.8 Å². The second kappa shape index (κ2) is 6.73. The molecule has 0 radical (unpaired) electrons. The van der Waals surface area contributed by atoms with E-state index in [1.54, 1.807) is 0 Å². The van der Waals surface area contributed by atoms with Crippen LogP contribution in [0.1, 0.15) is 59.3 Å². The average Bonchev–Trinajstić information content (AvgIpc) is 3.07. The Hall–Kier alpha value is -0.383. The molecule has 0 unspecified atom stereocenters. The predicted molar refractivity (Wildman–Crippen MR) is 104 cm³/mol. The Morgan fingerprint density at radius 3 is 2.46 bits per heavy atom. The van der Waals surface area contributed by atoms with Crippen molar-refractivity contribution >= 4 is 8.32 Å². The summed E-state index contributed by atoms with van der Waals surface area (Å²) in [6.45, 7) is 17.7. The molecule has 1 heterocycles. The van der Waals surface area contributed by atoms with Gasteiger partial charge in [-0.25, -0.2) is 0 Å². The van der Waals surface area contributed by atoms with Crippen LogP contribution in [0.3, 0.4) is 0 Å². The molecule has 0 amide bonds. The summed E-state index contributed by atoms with van der Waals surface area (Å²) in [6, 6.07) is 0. The fourth-order valence-corrected chi connectivity index (χ4v) is 5.34. The molecule has 1 aliphatic heterocycles. The van der Waals surface area contributed by atoms with Crippen molar-refractivity contribution in [3.63, 3.8) is 0 Å². The maximum absolute atomic E-state index is 6.50. The van der Waals surface area contributed by atoms with Gasteiger partial charge in [0.05, 0.1) is 19.3 Å². The molecule has 0 bridgehead atoms. The summed E-state index contributed by atoms with van der Waals surface area (Å²) < 4.78 is 12.8. The minimum absolute atomic E-state index is 0.268. The molecule has 0 aromatic carbocycles. The van der Waals surface area contributed by atoms with Crippen LogP contribution in [0.2, 0.25) is 18.1 Å². The van der Waals surface area contributed by atoms with Gasteiger partial charge in [0.15, 0.2) is 8.32 Å². The summed E-state index contributed by atoms with van der Waals surface area (Å²) in [4.78, 5) is 0. The van der Waals surface area contributed by atoms with E-state index in [1.807, 2.05) is 0 Å². The van der Waals surface area contributed by atoms with Crippen LogP contribution in [0.4, 0.5) is 0 Å². The van der Waals surface area contributed by atoms with Gasteiger partial charge in [-0.3, -0.25) is 0 Å². The molecule has 2 aliphatic carbocycles. The first kappa shape index (κ1) is 18.4. The molecule has 0 aromatic heterocycles. The quantitative estimate of drug-likeness (QED) is 0.468. The molecule has 2 fully saturated rings. The van der Waals surface area contributed by atoms with Gasteiger partial charge in [0.1, 0.15) is 0 Å². The molecule has 0 N–H and O–H groups in total. The highest BCUT2D eigenvalue weighted by molar-refractivity contribution is 6.74. The van der Waals surface area contributed by atoms with Crippen LogP contribution >= 0.6 is 0 Å². The Morgan fingerprint density at radius 1 is 1.17 bits per heavy atom. The van der Waals surface area contributed by atoms with E-state index in [9.17, 15) is 0 Å². The summed E-state index contributed by atoms with van der Waals surface area (Å²) in [5.41, 5.74) is 4.38. The fourth-order valence-electron chi connectivity index (χ4n) is 4.37. The number of ether oxygens (including phenoxy) is 1. The molecular weight excluding hydrogens is 312 g/mol. The summed E-state index contributed by atoms with van der Waals surface area (Å²) in [7, 11) is -1.69. The van der Waals surface area contributed by atoms with E-state index in [0.29, 0.717) is 12.0 Å². The van der Waals surface area contributed by atoms with Crippen molar-refractivity contribution in [1.29, 1.82) is 0 Å². The Bertz CT molecular complexity index is 520. The number of hydrogen-bond donors (Lipinski definition) is 0. The van der Waals surface area contributed by atoms with Crippen LogP contribution in [-0.2, 0) is 9.16 Å². The summed E-state index contributed by atoms with van der Waals surface area (Å²) in [5.74, 6) is 1.24. The van der Waals surface area contributed by atoms with Crippen LogP contribution in [0.5, 0.6) is 0 Å². The minimum atomic E-state index is -1.69. The molecular formula is C21H36O2Si. The highest BCUT2D eigenvalue weighted by atomic mass is 28.4. The van der Waals surface area contributed by atoms with E-state index >= 15 is 0 Å². The summed E-state index contributed by atoms with van der Waals surface area (Å²) >= 11 is 0. The van der Waals surface area contributed by atoms with Gasteiger partial charge in [-0.2, -0.15) is 0 Å². The molecule has 0 aromatic rings. The largest absolute Gasteiger partial charge is 0.413 e. The molecule has 1 saturated heterocycles. The smallest absolute Gasteiger partial charge is 0.192 e. The number of rotatable bonds is 4. The zero-order valence-corrected chi connectivity index (χ0v) is 17.4. The molecule has 3 rings (SSSR count). The first-order valence-corrected chi connectivity index (χ1v) is 12.8. The van der Waals surface area contributed by atoms with Crippen LogP contribution in [-0.4, -0.2) is 27.6 Å². The van der Waals surface area contributed by atoms with Gasteiger partial charge in [0.2, 0.25) is 0 Å². The SMILES string of the molecule is C=C1CC(CO[Si](C)(C)C(C)(C)C)=C2CO[C@@H](C3CCCCC3)[C@H]12. The lowest BCUT2D eigenvalue weighted by Crippen LogP contribution is -2.41. The van der Waals surface area contributed by atoms with Crippen molar-refractivity contribution in [1.82, 2.24) is 0 Å². The number of hydrogen-bond acceptors (Lipinski definition) is 2. The molecule has 1 saturated carbocycles. The molecule has 2 nitrogen and oxygen atoms in total. The number of fused-ring (bicyclic) bond motifs is 1. The van der Waals surface area contributed by atoms with E-state index in [1.165, 1.54) is 48.8 Å². The molecule has 3 aliphatic rings. The second-order valence-electron chi connectivity index (χ2n) is 9.66. The normalized spacial score (nSPS) is 29.5. The topological polar surface area (TPSA) is 18.5 Å². The maximum atomic E-state index is 6.50. The molecule has 2 atom stereocenters. The monoisotopic (exact) mass is 348 g/mol. The fraction of sp³-hybridized carbons (Fsp3) is 0.810. The van der Waals surface area contributed by atoms with Crippen molar-refractivity contribution in [3.8, 4) is 0 Å². The summed E-state index contributed by atoms with van der Waals surface area (Å²) in [5, 5.41) is 0.268. The molecule has 24 heavy (non-hydrogen) atoms. The first-order chi connectivity index (χ1) is 11.2. The van der Waals surface area contributed by atoms with E-state index in [4.69, 9.17) is 9.16 Å². The van der Waals surface area contributed by atoms with Gasteiger partial charge < -0.3 is 9.16 Å². The van der Waals surface area contributed by atoms with Crippen LogP contribution in [0.25, 0.3) is 0 Å². The van der Waals surface area contributed by atoms with Crippen molar-refractivity contribution in [3.05, 3.63) is 23.3 Å². The summed E-state index contributed by atoms with van der Waals surface area (Å²) in [6.07, 6.45) is 8.30. The van der Waals surface area contributed by atoms with Gasteiger partial charge in [0.25, 0.3) is 0 Å². The third-order valence-electron chi connectivity index (χ3n) is 7.00. The average molecular weight is 349 g/mol. The Morgan fingerprint density at radius 2 is 1.83 bits per heavy atom. The zero-order chi connectivity index (χ0) is 17.5. The lowest BCUT2D eigenvalue weighted by atomic mass is 9.78. The minimum Gasteiger partial charge on any atom is -0.413 e. The Labute approximate surface area is 149 Å². The maximum Gasteiger partial charge on any atom is 0.192 e. The molecule has 136 valence electrons. The molecule has 0 spiro atoms. The van der Waals surface area contributed by atoms with Crippen LogP contribution < -0.4 is 0 Å². The lowest BCUT2D eigenvalue weighted by molar-refractivity contribution is 0.0328. The molecule has 3 heteroatoms. The second-order valence-corrected chi connectivity index (χ2v) is 14.5. The van der Waals surface area contributed by atoms with Crippen molar-refractivity contribution in [2.24, 2.45) is 11.8 Å². The van der Waals surface area contributed by atoms with Crippen molar-refractivity contribution in [2.45, 2.75) is 83.5 Å². The van der Waals surface area contributed by atoms with Gasteiger partial charge in [-0.15, -0.1) is 0 Å². The van der Waals surface area contributed by atoms with E-state index in [-0.39, 0.29) is 5.04 Å². The standard InChI is InChI=1S/C21H36O2Si/c1-15-12-17(13-23-24(5,6)21(2,3)4)18-14-22-20(19(15)18)16-10-8-7-9-11-16/h16,19-20H,1,7-14H2,2-6H3/t19-,20+/m1/s1. The Kier molecular flexibility index (Phi) is 5.17. The van der Waals surface area contributed by atoms with Gasteiger partial charge >= 0.3 is 0 Å². The van der Waals surface area contributed by atoms with E-state index in [0.717, 1.165) is 25.6 Å². The first-order valence-electron chi connectivity index (χ1n) is 9.85. The Balaban J connectivity index is 1.70. The highest BCUT2D eigenvalue weighted by Crippen LogP contribution is 2.48. The third-order valence-corrected chi connectivity index (χ3v) is 11.5. The van der Waals surface area contributed by atoms with Crippen LogP contribution in [0.15, 0.2) is 23.3 Å². The van der Waals surface area contributed by atoms with E-state index in [2.05, 4.69) is 40.4 Å². The van der Waals surface area contributed by atoms with Gasteiger partial charge in [-0.05, 0) is 54.5 Å². The van der Waals surface area contributed by atoms with Crippen molar-refractivity contribution in [2.75, 3.05) is 13.2 Å². The van der Waals surface area contributed by atoms with Crippen molar-refractivity contribution < 1.29 is 9.16 Å². The third kappa shape index (κ3) is 3.45. The zero-order valence-electron chi connectivity index (χ0n) is 16.4. The van der Waals surface area contributed by atoms with Gasteiger partial charge in [-0.1, -0.05) is 52.2 Å². The lowest BCUT2D eigenvalue weighted by Gasteiger charge is -2.36. The van der Waals surface area contributed by atoms with E-state index < -0.39 is 8.32 Å². The predicted octanol–water partition coefficient (Wildman–Crippen LogP) is 5.86. The highest BCUT2D eigenvalue weighted by Gasteiger charge is 2.45.